The lowest BCUT2D eigenvalue weighted by atomic mass is 9.94. The monoisotopic (exact) mass is 462 g/mol. The molecule has 0 spiro atoms. The smallest absolute Gasteiger partial charge is 0.338 e. The molecule has 0 aromatic heterocycles. The molecule has 1 aliphatic carbocycles. The number of piperidine rings is 1. The van der Waals surface area contributed by atoms with Crippen LogP contribution in [0, 0.1) is 11.8 Å². The van der Waals surface area contributed by atoms with Crippen LogP contribution in [-0.4, -0.2) is 50.8 Å². The summed E-state index contributed by atoms with van der Waals surface area (Å²) in [5.41, 5.74) is 1.48. The molecule has 2 unspecified atom stereocenters. The maximum Gasteiger partial charge on any atom is 0.338 e. The van der Waals surface area contributed by atoms with Gasteiger partial charge in [0, 0.05) is 19.6 Å². The molecule has 32 heavy (non-hydrogen) atoms. The molecule has 176 valence electrons. The Bertz CT molecular complexity index is 947. The molecular formula is C24H34N2O5S. The van der Waals surface area contributed by atoms with Gasteiger partial charge in [0.05, 0.1) is 10.5 Å². The molecule has 1 aliphatic heterocycles. The molecular weight excluding hydrogens is 428 g/mol. The molecule has 3 rings (SSSR count). The summed E-state index contributed by atoms with van der Waals surface area (Å²) < 4.78 is 32.7. The van der Waals surface area contributed by atoms with Crippen LogP contribution in [0.5, 0.6) is 0 Å². The van der Waals surface area contributed by atoms with Gasteiger partial charge in [0.15, 0.2) is 6.61 Å². The fraction of sp³-hybridized carbons (Fsp3) is 0.583. The molecule has 2 atom stereocenters. The lowest BCUT2D eigenvalue weighted by Gasteiger charge is -2.34. The molecule has 1 aromatic rings. The molecule has 1 saturated heterocycles. The van der Waals surface area contributed by atoms with Gasteiger partial charge in [-0.3, -0.25) is 4.79 Å². The van der Waals surface area contributed by atoms with E-state index in [-0.39, 0.29) is 28.2 Å². The van der Waals surface area contributed by atoms with Crippen molar-refractivity contribution in [3.63, 3.8) is 0 Å². The average Bonchev–Trinajstić information content (AvgIpc) is 2.77. The third kappa shape index (κ3) is 6.65. The van der Waals surface area contributed by atoms with Gasteiger partial charge in [-0.05, 0) is 68.6 Å². The van der Waals surface area contributed by atoms with E-state index in [0.29, 0.717) is 19.6 Å². The van der Waals surface area contributed by atoms with E-state index in [0.717, 1.165) is 25.7 Å². The predicted molar refractivity (Wildman–Crippen MR) is 123 cm³/mol. The standard InChI is InChI=1S/C24H34N2O5S/c1-18-13-19(2)16-26(15-18)32(29,30)22-10-6-9-21(14-22)24(28)31-17-23(27)25-12-11-20-7-4-3-5-8-20/h6-7,9-10,14,18-19H,3-5,8,11-13,15-17H2,1-2H3,(H,25,27). The fourth-order valence-corrected chi connectivity index (χ4v) is 6.22. The third-order valence-electron chi connectivity index (χ3n) is 6.03. The predicted octanol–water partition coefficient (Wildman–Crippen LogP) is 3.52. The zero-order valence-electron chi connectivity index (χ0n) is 19.0. The first-order chi connectivity index (χ1) is 15.3. The van der Waals surface area contributed by atoms with E-state index in [9.17, 15) is 18.0 Å². The normalized spacial score (nSPS) is 22.1. The third-order valence-corrected chi connectivity index (χ3v) is 7.86. The number of nitrogens with one attached hydrogen (secondary N) is 1. The highest BCUT2D eigenvalue weighted by molar-refractivity contribution is 7.89. The minimum atomic E-state index is -3.70. The Hall–Kier alpha value is -2.19. The Kier molecular flexibility index (Phi) is 8.48. The minimum Gasteiger partial charge on any atom is -0.452 e. The number of carbonyl (C=O) groups excluding carboxylic acids is 2. The lowest BCUT2D eigenvalue weighted by Crippen LogP contribution is -2.42. The molecule has 1 heterocycles. The van der Waals surface area contributed by atoms with E-state index < -0.39 is 22.6 Å². The number of benzene rings is 1. The summed E-state index contributed by atoms with van der Waals surface area (Å²) in [6, 6.07) is 5.84. The first-order valence-corrected chi connectivity index (χ1v) is 12.9. The Balaban J connectivity index is 1.53. The summed E-state index contributed by atoms with van der Waals surface area (Å²) >= 11 is 0. The van der Waals surface area contributed by atoms with Crippen molar-refractivity contribution >= 4 is 21.9 Å². The number of esters is 1. The quantitative estimate of drug-likeness (QED) is 0.471. The zero-order chi connectivity index (χ0) is 23.1. The van der Waals surface area contributed by atoms with E-state index in [1.807, 2.05) is 13.8 Å². The summed E-state index contributed by atoms with van der Waals surface area (Å²) in [5, 5.41) is 2.76. The van der Waals surface area contributed by atoms with Gasteiger partial charge in [-0.15, -0.1) is 0 Å². The van der Waals surface area contributed by atoms with Crippen molar-refractivity contribution in [1.82, 2.24) is 9.62 Å². The second-order valence-electron chi connectivity index (χ2n) is 9.08. The maximum atomic E-state index is 13.1. The van der Waals surface area contributed by atoms with E-state index >= 15 is 0 Å². The highest BCUT2D eigenvalue weighted by Crippen LogP contribution is 2.27. The number of allylic oxidation sites excluding steroid dienone is 1. The van der Waals surface area contributed by atoms with Crippen LogP contribution in [0.25, 0.3) is 0 Å². The van der Waals surface area contributed by atoms with Crippen LogP contribution in [0.2, 0.25) is 0 Å². The van der Waals surface area contributed by atoms with Crippen LogP contribution < -0.4 is 5.32 Å². The van der Waals surface area contributed by atoms with Crippen molar-refractivity contribution in [3.8, 4) is 0 Å². The molecule has 0 saturated carbocycles. The molecule has 0 bridgehead atoms. The molecule has 1 fully saturated rings. The Labute approximate surface area is 191 Å². The maximum absolute atomic E-state index is 13.1. The highest BCUT2D eigenvalue weighted by atomic mass is 32.2. The van der Waals surface area contributed by atoms with Gasteiger partial charge >= 0.3 is 5.97 Å². The zero-order valence-corrected chi connectivity index (χ0v) is 19.8. The van der Waals surface area contributed by atoms with E-state index in [2.05, 4.69) is 11.4 Å². The van der Waals surface area contributed by atoms with Crippen LogP contribution in [0.4, 0.5) is 0 Å². The number of hydrogen-bond acceptors (Lipinski definition) is 5. The molecule has 0 radical (unpaired) electrons. The van der Waals surface area contributed by atoms with E-state index in [4.69, 9.17) is 4.74 Å². The summed E-state index contributed by atoms with van der Waals surface area (Å²) in [4.78, 5) is 24.5. The van der Waals surface area contributed by atoms with Crippen molar-refractivity contribution in [3.05, 3.63) is 41.5 Å². The second-order valence-corrected chi connectivity index (χ2v) is 11.0. The molecule has 8 heteroatoms. The van der Waals surface area contributed by atoms with Crippen LogP contribution in [0.15, 0.2) is 40.8 Å². The topological polar surface area (TPSA) is 92.8 Å². The van der Waals surface area contributed by atoms with Gasteiger partial charge in [0.1, 0.15) is 0 Å². The summed E-state index contributed by atoms with van der Waals surface area (Å²) in [6.45, 7) is 5.15. The molecule has 7 nitrogen and oxygen atoms in total. The Morgan fingerprint density at radius 2 is 1.91 bits per heavy atom. The lowest BCUT2D eigenvalue weighted by molar-refractivity contribution is -0.124. The number of ether oxygens (including phenoxy) is 1. The summed E-state index contributed by atoms with van der Waals surface area (Å²) in [5.74, 6) is -0.508. The fourth-order valence-electron chi connectivity index (χ4n) is 4.49. The number of amides is 1. The largest absolute Gasteiger partial charge is 0.452 e. The van der Waals surface area contributed by atoms with Gasteiger partial charge in [-0.2, -0.15) is 4.31 Å². The van der Waals surface area contributed by atoms with Crippen LogP contribution in [0.1, 0.15) is 62.7 Å². The van der Waals surface area contributed by atoms with Gasteiger partial charge < -0.3 is 10.1 Å². The second kappa shape index (κ2) is 11.1. The molecule has 1 N–H and O–H groups in total. The van der Waals surface area contributed by atoms with Crippen molar-refractivity contribution in [2.24, 2.45) is 11.8 Å². The van der Waals surface area contributed by atoms with Crippen molar-refractivity contribution in [2.75, 3.05) is 26.2 Å². The average molecular weight is 463 g/mol. The molecule has 2 aliphatic rings. The Morgan fingerprint density at radius 1 is 1.16 bits per heavy atom. The van der Waals surface area contributed by atoms with Gasteiger partial charge in [-0.25, -0.2) is 13.2 Å². The summed E-state index contributed by atoms with van der Waals surface area (Å²) in [6.07, 6.45) is 8.66. The number of nitrogens with zero attached hydrogens (tertiary/aromatic N) is 1. The van der Waals surface area contributed by atoms with Gasteiger partial charge in [-0.1, -0.05) is 31.6 Å². The first-order valence-electron chi connectivity index (χ1n) is 11.5. The number of carbonyl (C=O) groups is 2. The minimum absolute atomic E-state index is 0.0680. The van der Waals surface area contributed by atoms with Crippen LogP contribution in [-0.2, 0) is 19.6 Å². The Morgan fingerprint density at radius 3 is 2.59 bits per heavy atom. The number of hydrogen-bond donors (Lipinski definition) is 1. The number of rotatable bonds is 8. The van der Waals surface area contributed by atoms with Crippen LogP contribution in [0.3, 0.4) is 0 Å². The van der Waals surface area contributed by atoms with Crippen molar-refractivity contribution < 1.29 is 22.7 Å². The van der Waals surface area contributed by atoms with Crippen molar-refractivity contribution in [2.45, 2.75) is 57.3 Å². The van der Waals surface area contributed by atoms with Crippen molar-refractivity contribution in [1.29, 1.82) is 0 Å². The molecule has 1 aromatic carbocycles. The summed E-state index contributed by atoms with van der Waals surface area (Å²) in [7, 11) is -3.70. The SMILES string of the molecule is CC1CC(C)CN(S(=O)(=O)c2cccc(C(=O)OCC(=O)NCCC3=CCCCC3)c2)C1. The van der Waals surface area contributed by atoms with Gasteiger partial charge in [0.25, 0.3) is 5.91 Å². The van der Waals surface area contributed by atoms with Gasteiger partial charge in [0.2, 0.25) is 10.0 Å². The van der Waals surface area contributed by atoms with E-state index in [1.165, 1.54) is 47.0 Å². The highest BCUT2D eigenvalue weighted by Gasteiger charge is 2.32. The van der Waals surface area contributed by atoms with E-state index in [1.54, 1.807) is 0 Å². The van der Waals surface area contributed by atoms with Crippen LogP contribution >= 0.6 is 0 Å². The first kappa shape index (κ1) is 24.5. The molecule has 1 amide bonds. The number of sulfonamides is 1.